The maximum Gasteiger partial charge on any atom is 0.264 e. The fourth-order valence-corrected chi connectivity index (χ4v) is 6.71. The lowest BCUT2D eigenvalue weighted by atomic mass is 10.0. The third kappa shape index (κ3) is 8.63. The van der Waals surface area contributed by atoms with Gasteiger partial charge in [0.25, 0.3) is 10.0 Å². The van der Waals surface area contributed by atoms with E-state index in [4.69, 9.17) is 0 Å². The van der Waals surface area contributed by atoms with Gasteiger partial charge in [-0.15, -0.1) is 0 Å². The predicted molar refractivity (Wildman–Crippen MR) is 185 cm³/mol. The topological polar surface area (TPSA) is 86.8 Å². The minimum Gasteiger partial charge on any atom is -0.352 e. The molecule has 4 aromatic carbocycles. The molecule has 0 unspecified atom stereocenters. The van der Waals surface area contributed by atoms with Crippen molar-refractivity contribution >= 4 is 27.5 Å². The molecule has 4 aromatic rings. The number of anilines is 1. The van der Waals surface area contributed by atoms with Crippen molar-refractivity contribution in [2.24, 2.45) is 0 Å². The monoisotopic (exact) mass is 639 g/mol. The molecule has 4 rings (SSSR count). The summed E-state index contributed by atoms with van der Waals surface area (Å²) in [6, 6.07) is 30.1. The largest absolute Gasteiger partial charge is 0.352 e. The Morgan fingerprint density at radius 3 is 1.96 bits per heavy atom. The van der Waals surface area contributed by atoms with Crippen LogP contribution in [-0.2, 0) is 32.6 Å². The highest BCUT2D eigenvalue weighted by Crippen LogP contribution is 2.27. The van der Waals surface area contributed by atoms with Gasteiger partial charge in [0.1, 0.15) is 12.6 Å². The van der Waals surface area contributed by atoms with Gasteiger partial charge in [0.15, 0.2) is 0 Å². The summed E-state index contributed by atoms with van der Waals surface area (Å²) in [5.74, 6) is -0.526. The van der Waals surface area contributed by atoms with Gasteiger partial charge < -0.3 is 10.2 Å². The van der Waals surface area contributed by atoms with E-state index in [2.05, 4.69) is 19.2 Å². The summed E-state index contributed by atoms with van der Waals surface area (Å²) in [4.78, 5) is 30.1. The standard InChI is InChI=1S/C38H45N3O4S/c1-27(2)32-18-20-34(21-19-32)41(46(44,45)35-22-16-29(5)17-23-35)26-37(42)40(25-33-15-11-10-12-30(33)6)36(38(43)39-28(3)4)24-31-13-8-7-9-14-31/h7-23,27-28,36H,24-26H2,1-6H3,(H,39,43)/t36-/m0/s1. The minimum absolute atomic E-state index is 0.0858. The smallest absolute Gasteiger partial charge is 0.264 e. The maximum atomic E-state index is 14.6. The fraction of sp³-hybridized carbons (Fsp3) is 0.316. The molecule has 2 amide bonds. The summed E-state index contributed by atoms with van der Waals surface area (Å²) < 4.78 is 29.7. The number of aryl methyl sites for hydroxylation is 2. The highest BCUT2D eigenvalue weighted by Gasteiger charge is 2.35. The Hall–Kier alpha value is -4.43. The van der Waals surface area contributed by atoms with Crippen LogP contribution in [0.5, 0.6) is 0 Å². The first-order valence-electron chi connectivity index (χ1n) is 15.7. The van der Waals surface area contributed by atoms with Crippen molar-refractivity contribution in [3.05, 3.63) is 131 Å². The summed E-state index contributed by atoms with van der Waals surface area (Å²) in [7, 11) is -4.15. The van der Waals surface area contributed by atoms with Crippen LogP contribution in [0.25, 0.3) is 0 Å². The SMILES string of the molecule is Cc1ccc(S(=O)(=O)N(CC(=O)N(Cc2ccccc2C)[C@@H](Cc2ccccc2)C(=O)NC(C)C)c2ccc(C(C)C)cc2)cc1. The molecule has 0 aromatic heterocycles. The molecule has 0 fully saturated rings. The number of sulfonamides is 1. The zero-order valence-corrected chi connectivity index (χ0v) is 28.4. The van der Waals surface area contributed by atoms with Gasteiger partial charge in [-0.2, -0.15) is 0 Å². The Kier molecular flexibility index (Phi) is 11.4. The molecular formula is C38H45N3O4S. The summed E-state index contributed by atoms with van der Waals surface area (Å²) in [6.07, 6.45) is 0.269. The Morgan fingerprint density at radius 2 is 1.37 bits per heavy atom. The van der Waals surface area contributed by atoms with Crippen LogP contribution in [0.3, 0.4) is 0 Å². The van der Waals surface area contributed by atoms with Crippen molar-refractivity contribution in [3.63, 3.8) is 0 Å². The van der Waals surface area contributed by atoms with Gasteiger partial charge in [-0.05, 0) is 80.1 Å². The molecule has 1 N–H and O–H groups in total. The van der Waals surface area contributed by atoms with E-state index >= 15 is 0 Å². The molecule has 0 radical (unpaired) electrons. The molecule has 0 aliphatic heterocycles. The average molecular weight is 640 g/mol. The lowest BCUT2D eigenvalue weighted by Crippen LogP contribution is -2.54. The Balaban J connectivity index is 1.82. The van der Waals surface area contributed by atoms with E-state index in [1.54, 1.807) is 36.4 Å². The predicted octanol–water partition coefficient (Wildman–Crippen LogP) is 6.79. The van der Waals surface area contributed by atoms with E-state index in [9.17, 15) is 18.0 Å². The van der Waals surface area contributed by atoms with Crippen LogP contribution >= 0.6 is 0 Å². The first kappa shape index (κ1) is 34.4. The second kappa shape index (κ2) is 15.2. The van der Waals surface area contributed by atoms with Gasteiger partial charge in [0, 0.05) is 19.0 Å². The van der Waals surface area contributed by atoms with Crippen molar-refractivity contribution in [1.82, 2.24) is 10.2 Å². The first-order valence-corrected chi connectivity index (χ1v) is 17.2. The average Bonchev–Trinajstić information content (AvgIpc) is 3.02. The van der Waals surface area contributed by atoms with Gasteiger partial charge in [-0.1, -0.05) is 98.3 Å². The number of hydrogen-bond acceptors (Lipinski definition) is 4. The van der Waals surface area contributed by atoms with Gasteiger partial charge >= 0.3 is 0 Å². The van der Waals surface area contributed by atoms with E-state index in [0.29, 0.717) is 5.69 Å². The molecule has 0 saturated heterocycles. The third-order valence-electron chi connectivity index (χ3n) is 8.04. The molecule has 0 aliphatic carbocycles. The maximum absolute atomic E-state index is 14.6. The molecule has 1 atom stereocenters. The lowest BCUT2D eigenvalue weighted by molar-refractivity contribution is -0.140. The quantitative estimate of drug-likeness (QED) is 0.175. The van der Waals surface area contributed by atoms with Crippen molar-refractivity contribution in [3.8, 4) is 0 Å². The van der Waals surface area contributed by atoms with Gasteiger partial charge in [0.2, 0.25) is 11.8 Å². The van der Waals surface area contributed by atoms with E-state index < -0.39 is 28.5 Å². The normalized spacial score (nSPS) is 12.2. The number of nitrogens with zero attached hydrogens (tertiary/aromatic N) is 2. The molecule has 0 heterocycles. The third-order valence-corrected chi connectivity index (χ3v) is 9.83. The summed E-state index contributed by atoms with van der Waals surface area (Å²) in [5, 5.41) is 3.00. The summed E-state index contributed by atoms with van der Waals surface area (Å²) in [5.41, 5.74) is 5.09. The molecule has 0 spiro atoms. The molecule has 7 nitrogen and oxygen atoms in total. The molecule has 0 bridgehead atoms. The molecule has 8 heteroatoms. The number of carbonyl (C=O) groups excluding carboxylic acids is 2. The second-order valence-corrected chi connectivity index (χ2v) is 14.3. The summed E-state index contributed by atoms with van der Waals surface area (Å²) >= 11 is 0. The van der Waals surface area contributed by atoms with Crippen molar-refractivity contribution < 1.29 is 18.0 Å². The zero-order valence-electron chi connectivity index (χ0n) is 27.6. The number of rotatable bonds is 13. The van der Waals surface area contributed by atoms with Crippen LogP contribution in [0.15, 0.2) is 108 Å². The molecule has 242 valence electrons. The van der Waals surface area contributed by atoms with Gasteiger partial charge in [0.05, 0.1) is 10.6 Å². The number of benzene rings is 4. The summed E-state index contributed by atoms with van der Waals surface area (Å²) in [6.45, 7) is 11.4. The van der Waals surface area contributed by atoms with Gasteiger partial charge in [-0.3, -0.25) is 13.9 Å². The highest BCUT2D eigenvalue weighted by molar-refractivity contribution is 7.92. The minimum atomic E-state index is -4.15. The lowest BCUT2D eigenvalue weighted by Gasteiger charge is -2.34. The van der Waals surface area contributed by atoms with E-state index in [1.165, 1.54) is 4.90 Å². The highest BCUT2D eigenvalue weighted by atomic mass is 32.2. The fourth-order valence-electron chi connectivity index (χ4n) is 5.30. The van der Waals surface area contributed by atoms with E-state index in [-0.39, 0.29) is 35.7 Å². The molecular weight excluding hydrogens is 595 g/mol. The second-order valence-electron chi connectivity index (χ2n) is 12.4. The van der Waals surface area contributed by atoms with Crippen LogP contribution in [0.4, 0.5) is 5.69 Å². The van der Waals surface area contributed by atoms with Crippen LogP contribution in [0.2, 0.25) is 0 Å². The van der Waals surface area contributed by atoms with E-state index in [1.807, 2.05) is 94.4 Å². The number of nitrogens with one attached hydrogen (secondary N) is 1. The number of hydrogen-bond donors (Lipinski definition) is 1. The number of amides is 2. The van der Waals surface area contributed by atoms with Crippen LogP contribution in [0, 0.1) is 13.8 Å². The first-order chi connectivity index (χ1) is 21.9. The molecule has 46 heavy (non-hydrogen) atoms. The Bertz CT molecular complexity index is 1720. The Morgan fingerprint density at radius 1 is 0.761 bits per heavy atom. The molecule has 0 aliphatic rings. The van der Waals surface area contributed by atoms with Crippen LogP contribution in [0.1, 0.15) is 61.4 Å². The van der Waals surface area contributed by atoms with Crippen LogP contribution in [-0.4, -0.2) is 43.8 Å². The molecule has 0 saturated carbocycles. The van der Waals surface area contributed by atoms with Gasteiger partial charge in [-0.25, -0.2) is 8.42 Å². The zero-order chi connectivity index (χ0) is 33.4. The number of carbonyl (C=O) groups is 2. The van der Waals surface area contributed by atoms with Crippen LogP contribution < -0.4 is 9.62 Å². The van der Waals surface area contributed by atoms with Crippen molar-refractivity contribution in [1.29, 1.82) is 0 Å². The van der Waals surface area contributed by atoms with Crippen molar-refractivity contribution in [2.75, 3.05) is 10.8 Å². The van der Waals surface area contributed by atoms with E-state index in [0.717, 1.165) is 32.1 Å². The van der Waals surface area contributed by atoms with Crippen molar-refractivity contribution in [2.45, 2.75) is 77.4 Å². The Labute approximate surface area is 274 Å².